The van der Waals surface area contributed by atoms with Gasteiger partial charge in [-0.1, -0.05) is 12.1 Å². The molecule has 1 N–H and O–H groups in total. The molecule has 3 heterocycles. The van der Waals surface area contributed by atoms with Crippen LogP contribution in [-0.2, 0) is 27.8 Å². The minimum absolute atomic E-state index is 0.0725. The maximum absolute atomic E-state index is 12.9. The van der Waals surface area contributed by atoms with Crippen LogP contribution in [0.3, 0.4) is 0 Å². The number of sulfonamides is 1. The third-order valence-corrected chi connectivity index (χ3v) is 6.14. The average molecular weight is 442 g/mol. The van der Waals surface area contributed by atoms with Crippen LogP contribution in [0.25, 0.3) is 10.9 Å². The Labute approximate surface area is 182 Å². The fourth-order valence-corrected chi connectivity index (χ4v) is 4.51. The number of nitrogens with zero attached hydrogens (tertiary/aromatic N) is 4. The molecule has 0 aliphatic carbocycles. The van der Waals surface area contributed by atoms with E-state index in [4.69, 9.17) is 0 Å². The first kappa shape index (κ1) is 21.3. The van der Waals surface area contributed by atoms with Crippen LogP contribution in [0.2, 0.25) is 0 Å². The summed E-state index contributed by atoms with van der Waals surface area (Å²) in [6.07, 6.45) is 5.69. The summed E-state index contributed by atoms with van der Waals surface area (Å²) in [7, 11) is -3.37. The highest BCUT2D eigenvalue weighted by Crippen LogP contribution is 2.25. The molecule has 3 aromatic rings. The van der Waals surface area contributed by atoms with Gasteiger partial charge in [0.2, 0.25) is 15.9 Å². The van der Waals surface area contributed by atoms with Crippen LogP contribution < -0.4 is 4.72 Å². The lowest BCUT2D eigenvalue weighted by molar-refractivity contribution is -0.133. The number of benzene rings is 1. The molecule has 31 heavy (non-hydrogen) atoms. The van der Waals surface area contributed by atoms with Crippen LogP contribution in [0.4, 0.5) is 5.69 Å². The number of nitrogens with one attached hydrogen (secondary N) is 1. The fraction of sp³-hybridized carbons (Fsp3) is 0.364. The van der Waals surface area contributed by atoms with E-state index in [1.807, 2.05) is 52.2 Å². The molecule has 0 spiro atoms. The van der Waals surface area contributed by atoms with Gasteiger partial charge >= 0.3 is 0 Å². The summed E-state index contributed by atoms with van der Waals surface area (Å²) in [5.74, 6) is 0.0725. The number of anilines is 1. The standard InChI is InChI=1S/C22H27N5O3S/c1-31(29,30)24-20-6-4-7-21-19(20)9-12-27(21)17-22(28)26-15-13-25(14-16-26)11-8-18-5-2-3-10-23-18/h2-7,9-10,12,24H,8,11,13-17H2,1H3. The van der Waals surface area contributed by atoms with Gasteiger partial charge in [0.15, 0.2) is 0 Å². The minimum Gasteiger partial charge on any atom is -0.339 e. The molecule has 0 unspecified atom stereocenters. The number of piperazine rings is 1. The predicted octanol–water partition coefficient (Wildman–Crippen LogP) is 1.79. The van der Waals surface area contributed by atoms with E-state index in [2.05, 4.69) is 14.6 Å². The molecule has 1 amide bonds. The van der Waals surface area contributed by atoms with E-state index in [9.17, 15) is 13.2 Å². The van der Waals surface area contributed by atoms with Crippen LogP contribution in [0.1, 0.15) is 5.69 Å². The van der Waals surface area contributed by atoms with Crippen molar-refractivity contribution in [2.24, 2.45) is 0 Å². The third-order valence-electron chi connectivity index (χ3n) is 5.55. The summed E-state index contributed by atoms with van der Waals surface area (Å²) in [6.45, 7) is 4.31. The Morgan fingerprint density at radius 1 is 1.06 bits per heavy atom. The first-order valence-electron chi connectivity index (χ1n) is 10.3. The monoisotopic (exact) mass is 441 g/mol. The summed E-state index contributed by atoms with van der Waals surface area (Å²) in [4.78, 5) is 21.5. The minimum atomic E-state index is -3.37. The van der Waals surface area contributed by atoms with E-state index < -0.39 is 10.0 Å². The van der Waals surface area contributed by atoms with Crippen molar-refractivity contribution in [3.63, 3.8) is 0 Å². The molecule has 2 aromatic heterocycles. The molecular formula is C22H27N5O3S. The van der Waals surface area contributed by atoms with E-state index in [1.54, 1.807) is 12.1 Å². The maximum atomic E-state index is 12.9. The Morgan fingerprint density at radius 2 is 1.87 bits per heavy atom. The highest BCUT2D eigenvalue weighted by molar-refractivity contribution is 7.92. The summed E-state index contributed by atoms with van der Waals surface area (Å²) >= 11 is 0. The predicted molar refractivity (Wildman–Crippen MR) is 121 cm³/mol. The molecular weight excluding hydrogens is 414 g/mol. The number of amides is 1. The zero-order valence-electron chi connectivity index (χ0n) is 17.6. The second-order valence-electron chi connectivity index (χ2n) is 7.85. The molecule has 164 valence electrons. The molecule has 4 rings (SSSR count). The Hall–Kier alpha value is -2.91. The summed E-state index contributed by atoms with van der Waals surface area (Å²) < 4.78 is 27.6. The number of fused-ring (bicyclic) bond motifs is 1. The van der Waals surface area contributed by atoms with Gasteiger partial charge in [0, 0.05) is 62.6 Å². The molecule has 9 heteroatoms. The van der Waals surface area contributed by atoms with Crippen molar-refractivity contribution in [3.8, 4) is 0 Å². The Morgan fingerprint density at radius 3 is 2.58 bits per heavy atom. The van der Waals surface area contributed by atoms with E-state index in [0.717, 1.165) is 48.9 Å². The Bertz CT molecular complexity index is 1150. The number of pyridine rings is 1. The van der Waals surface area contributed by atoms with Gasteiger partial charge in [-0.15, -0.1) is 0 Å². The molecule has 0 radical (unpaired) electrons. The first-order valence-corrected chi connectivity index (χ1v) is 12.2. The molecule has 1 fully saturated rings. The van der Waals surface area contributed by atoms with Crippen molar-refractivity contribution < 1.29 is 13.2 Å². The SMILES string of the molecule is CS(=O)(=O)Nc1cccc2c1ccn2CC(=O)N1CCN(CCc2ccccn2)CC1. The largest absolute Gasteiger partial charge is 0.339 e. The number of hydrogen-bond acceptors (Lipinski definition) is 5. The van der Waals surface area contributed by atoms with Gasteiger partial charge in [-0.2, -0.15) is 0 Å². The van der Waals surface area contributed by atoms with Gasteiger partial charge in [-0.3, -0.25) is 19.4 Å². The summed E-state index contributed by atoms with van der Waals surface area (Å²) in [5.41, 5.74) is 2.44. The Balaban J connectivity index is 1.34. The maximum Gasteiger partial charge on any atom is 0.242 e. The van der Waals surface area contributed by atoms with Crippen molar-refractivity contribution in [3.05, 3.63) is 60.6 Å². The molecule has 1 aromatic carbocycles. The zero-order valence-corrected chi connectivity index (χ0v) is 18.4. The van der Waals surface area contributed by atoms with Gasteiger partial charge in [0.05, 0.1) is 17.5 Å². The van der Waals surface area contributed by atoms with Crippen molar-refractivity contribution in [2.75, 3.05) is 43.7 Å². The smallest absolute Gasteiger partial charge is 0.242 e. The number of aromatic nitrogens is 2. The summed E-state index contributed by atoms with van der Waals surface area (Å²) in [6, 6.07) is 13.2. The van der Waals surface area contributed by atoms with Crippen molar-refractivity contribution in [1.29, 1.82) is 0 Å². The van der Waals surface area contributed by atoms with Crippen LogP contribution in [0, 0.1) is 0 Å². The van der Waals surface area contributed by atoms with Gasteiger partial charge in [0.1, 0.15) is 6.54 Å². The number of rotatable bonds is 7. The van der Waals surface area contributed by atoms with E-state index >= 15 is 0 Å². The molecule has 1 saturated heterocycles. The van der Waals surface area contributed by atoms with Crippen LogP contribution >= 0.6 is 0 Å². The second kappa shape index (κ2) is 9.07. The molecule has 0 saturated carbocycles. The first-order chi connectivity index (χ1) is 14.9. The average Bonchev–Trinajstić information content (AvgIpc) is 3.16. The number of hydrogen-bond donors (Lipinski definition) is 1. The Kier molecular flexibility index (Phi) is 6.24. The molecule has 1 aliphatic rings. The fourth-order valence-electron chi connectivity index (χ4n) is 3.94. The normalized spacial score (nSPS) is 15.3. The lowest BCUT2D eigenvalue weighted by Gasteiger charge is -2.34. The van der Waals surface area contributed by atoms with Crippen molar-refractivity contribution >= 4 is 32.5 Å². The molecule has 0 atom stereocenters. The van der Waals surface area contributed by atoms with Crippen LogP contribution in [-0.4, -0.2) is 72.7 Å². The molecule has 1 aliphatic heterocycles. The summed E-state index contributed by atoms with van der Waals surface area (Å²) in [5, 5.41) is 0.778. The highest BCUT2D eigenvalue weighted by Gasteiger charge is 2.21. The lowest BCUT2D eigenvalue weighted by atomic mass is 10.2. The van der Waals surface area contributed by atoms with Crippen LogP contribution in [0.15, 0.2) is 54.9 Å². The highest BCUT2D eigenvalue weighted by atomic mass is 32.2. The molecule has 8 nitrogen and oxygen atoms in total. The van der Waals surface area contributed by atoms with Gasteiger partial charge in [0.25, 0.3) is 0 Å². The van der Waals surface area contributed by atoms with Gasteiger partial charge in [-0.25, -0.2) is 8.42 Å². The van der Waals surface area contributed by atoms with Crippen molar-refractivity contribution in [2.45, 2.75) is 13.0 Å². The number of carbonyl (C=O) groups excluding carboxylic acids is 1. The van der Waals surface area contributed by atoms with E-state index in [0.29, 0.717) is 18.8 Å². The van der Waals surface area contributed by atoms with E-state index in [1.165, 1.54) is 0 Å². The third kappa shape index (κ3) is 5.42. The lowest BCUT2D eigenvalue weighted by Crippen LogP contribution is -2.49. The van der Waals surface area contributed by atoms with E-state index in [-0.39, 0.29) is 12.5 Å². The zero-order chi connectivity index (χ0) is 21.8. The van der Waals surface area contributed by atoms with Gasteiger partial charge in [-0.05, 0) is 30.3 Å². The topological polar surface area (TPSA) is 87.5 Å². The second-order valence-corrected chi connectivity index (χ2v) is 9.60. The quantitative estimate of drug-likeness (QED) is 0.604. The van der Waals surface area contributed by atoms with Crippen molar-refractivity contribution in [1.82, 2.24) is 19.4 Å². The van der Waals surface area contributed by atoms with Crippen LogP contribution in [0.5, 0.6) is 0 Å². The van der Waals surface area contributed by atoms with Gasteiger partial charge < -0.3 is 9.47 Å². The molecule has 0 bridgehead atoms. The number of carbonyl (C=O) groups is 1.